The molecule has 3 nitrogen and oxygen atoms in total. The third-order valence-electron chi connectivity index (χ3n) is 2.57. The summed E-state index contributed by atoms with van der Waals surface area (Å²) in [6.07, 6.45) is 1.02. The van der Waals surface area contributed by atoms with Crippen LogP contribution in [0.1, 0.15) is 27.2 Å². The Hall–Kier alpha value is -0.830. The Kier molecular flexibility index (Phi) is 7.05. The predicted molar refractivity (Wildman–Crippen MR) is 64.9 cm³/mol. The lowest BCUT2D eigenvalue weighted by atomic mass is 10.3. The average Bonchev–Trinajstić information content (AvgIpc) is 2.22. The second-order valence-electron chi connectivity index (χ2n) is 3.89. The van der Waals surface area contributed by atoms with Crippen LogP contribution in [0.3, 0.4) is 0 Å². The first-order valence-corrected chi connectivity index (χ1v) is 5.66. The first-order chi connectivity index (χ1) is 7.02. The van der Waals surface area contributed by atoms with E-state index in [2.05, 4.69) is 25.3 Å². The van der Waals surface area contributed by atoms with Gasteiger partial charge in [0, 0.05) is 19.2 Å². The van der Waals surface area contributed by atoms with Gasteiger partial charge in [-0.25, -0.2) is 0 Å². The Bertz CT molecular complexity index is 210. The molecule has 0 radical (unpaired) electrons. The highest BCUT2D eigenvalue weighted by atomic mass is 16.2. The molecule has 0 aromatic carbocycles. The lowest BCUT2D eigenvalue weighted by Gasteiger charge is -2.21. The minimum Gasteiger partial charge on any atom is -0.342 e. The zero-order valence-corrected chi connectivity index (χ0v) is 10.5. The van der Waals surface area contributed by atoms with E-state index in [1.807, 2.05) is 7.05 Å². The van der Waals surface area contributed by atoms with Gasteiger partial charge in [0.15, 0.2) is 0 Å². The summed E-state index contributed by atoms with van der Waals surface area (Å²) in [6.45, 7) is 13.7. The van der Waals surface area contributed by atoms with Crippen LogP contribution >= 0.6 is 0 Å². The average molecular weight is 212 g/mol. The fourth-order valence-electron chi connectivity index (χ4n) is 1.50. The molecule has 1 amide bonds. The third kappa shape index (κ3) is 5.57. The summed E-state index contributed by atoms with van der Waals surface area (Å²) >= 11 is 0. The van der Waals surface area contributed by atoms with E-state index in [1.165, 1.54) is 0 Å². The molecule has 0 aliphatic heterocycles. The fraction of sp³-hybridized carbons (Fsp3) is 0.750. The molecule has 0 N–H and O–H groups in total. The largest absolute Gasteiger partial charge is 0.342 e. The van der Waals surface area contributed by atoms with Gasteiger partial charge in [-0.1, -0.05) is 20.4 Å². The Morgan fingerprint density at radius 2 is 1.73 bits per heavy atom. The summed E-state index contributed by atoms with van der Waals surface area (Å²) in [4.78, 5) is 15.6. The van der Waals surface area contributed by atoms with Crippen LogP contribution in [0.15, 0.2) is 12.2 Å². The molecule has 0 aliphatic rings. The quantitative estimate of drug-likeness (QED) is 0.600. The maximum absolute atomic E-state index is 11.5. The third-order valence-corrected chi connectivity index (χ3v) is 2.57. The molecule has 0 bridgehead atoms. The van der Waals surface area contributed by atoms with E-state index in [4.69, 9.17) is 0 Å². The number of carbonyl (C=O) groups excluding carboxylic acids is 1. The molecule has 0 heterocycles. The summed E-state index contributed by atoms with van der Waals surface area (Å²) in [6, 6.07) is 0. The number of rotatable bonds is 7. The van der Waals surface area contributed by atoms with Gasteiger partial charge < -0.3 is 9.80 Å². The van der Waals surface area contributed by atoms with Gasteiger partial charge in [0.1, 0.15) is 0 Å². The molecule has 0 aromatic heterocycles. The van der Waals surface area contributed by atoms with E-state index in [9.17, 15) is 4.79 Å². The lowest BCUT2D eigenvalue weighted by molar-refractivity contribution is -0.125. The minimum atomic E-state index is 0.0505. The molecule has 88 valence electrons. The summed E-state index contributed by atoms with van der Waals surface area (Å²) in [5.41, 5.74) is 0.611. The molecular weight excluding hydrogens is 188 g/mol. The van der Waals surface area contributed by atoms with Gasteiger partial charge in [-0.05, 0) is 33.0 Å². The van der Waals surface area contributed by atoms with Crippen molar-refractivity contribution in [2.45, 2.75) is 27.2 Å². The first-order valence-electron chi connectivity index (χ1n) is 5.66. The van der Waals surface area contributed by atoms with Crippen LogP contribution in [0, 0.1) is 0 Å². The van der Waals surface area contributed by atoms with Crippen molar-refractivity contribution in [3.05, 3.63) is 12.2 Å². The highest BCUT2D eigenvalue weighted by molar-refractivity contribution is 5.91. The number of amides is 1. The van der Waals surface area contributed by atoms with Gasteiger partial charge in [0.25, 0.3) is 0 Å². The SMILES string of the molecule is C=C(C)C(=O)N(C)CCCN(CC)CC. The van der Waals surface area contributed by atoms with Crippen LogP contribution < -0.4 is 0 Å². The van der Waals surface area contributed by atoms with Gasteiger partial charge >= 0.3 is 0 Å². The van der Waals surface area contributed by atoms with E-state index in [0.717, 1.165) is 32.6 Å². The van der Waals surface area contributed by atoms with Gasteiger partial charge in [-0.2, -0.15) is 0 Å². The number of carbonyl (C=O) groups is 1. The van der Waals surface area contributed by atoms with Crippen molar-refractivity contribution >= 4 is 5.91 Å². The zero-order chi connectivity index (χ0) is 11.8. The van der Waals surface area contributed by atoms with E-state index in [-0.39, 0.29) is 5.91 Å². The smallest absolute Gasteiger partial charge is 0.248 e. The summed E-state index contributed by atoms with van der Waals surface area (Å²) in [5, 5.41) is 0. The molecular formula is C12H24N2O. The highest BCUT2D eigenvalue weighted by Gasteiger charge is 2.08. The molecule has 15 heavy (non-hydrogen) atoms. The monoisotopic (exact) mass is 212 g/mol. The van der Waals surface area contributed by atoms with Gasteiger partial charge in [0.05, 0.1) is 0 Å². The summed E-state index contributed by atoms with van der Waals surface area (Å²) in [5.74, 6) is 0.0505. The van der Waals surface area contributed by atoms with Crippen LogP contribution in [0.2, 0.25) is 0 Å². The summed E-state index contributed by atoms with van der Waals surface area (Å²) in [7, 11) is 1.83. The molecule has 0 spiro atoms. The molecule has 0 saturated heterocycles. The topological polar surface area (TPSA) is 23.6 Å². The standard InChI is InChI=1S/C12H24N2O/c1-6-14(7-2)10-8-9-13(5)12(15)11(3)4/h3,6-10H2,1-2,4-5H3. The Balaban J connectivity index is 3.76. The molecule has 0 rings (SSSR count). The van der Waals surface area contributed by atoms with Crippen LogP contribution in [0.25, 0.3) is 0 Å². The van der Waals surface area contributed by atoms with Crippen molar-refractivity contribution in [3.8, 4) is 0 Å². The molecule has 3 heteroatoms. The van der Waals surface area contributed by atoms with Crippen molar-refractivity contribution in [3.63, 3.8) is 0 Å². The number of nitrogens with zero attached hydrogens (tertiary/aromatic N) is 2. The molecule has 0 aromatic rings. The van der Waals surface area contributed by atoms with Gasteiger partial charge in [-0.3, -0.25) is 4.79 Å². The van der Waals surface area contributed by atoms with Crippen LogP contribution in [0.5, 0.6) is 0 Å². The first kappa shape index (κ1) is 14.2. The predicted octanol–water partition coefficient (Wildman–Crippen LogP) is 1.75. The molecule has 0 unspecified atom stereocenters. The molecule has 0 aliphatic carbocycles. The van der Waals surface area contributed by atoms with Gasteiger partial charge in [0.2, 0.25) is 5.91 Å². The van der Waals surface area contributed by atoms with Crippen LogP contribution in [-0.4, -0.2) is 48.9 Å². The number of hydrogen-bond acceptors (Lipinski definition) is 2. The van der Waals surface area contributed by atoms with Crippen LogP contribution in [0.4, 0.5) is 0 Å². The maximum Gasteiger partial charge on any atom is 0.248 e. The number of likely N-dealkylation sites (N-methyl/N-ethyl adjacent to an activating group) is 1. The summed E-state index contributed by atoms with van der Waals surface area (Å²) < 4.78 is 0. The second-order valence-corrected chi connectivity index (χ2v) is 3.89. The number of hydrogen-bond donors (Lipinski definition) is 0. The Morgan fingerprint density at radius 3 is 2.13 bits per heavy atom. The highest BCUT2D eigenvalue weighted by Crippen LogP contribution is 1.98. The molecule has 0 saturated carbocycles. The normalized spacial score (nSPS) is 10.5. The van der Waals surface area contributed by atoms with E-state index >= 15 is 0 Å². The maximum atomic E-state index is 11.5. The lowest BCUT2D eigenvalue weighted by Crippen LogP contribution is -2.31. The van der Waals surface area contributed by atoms with E-state index in [1.54, 1.807) is 11.8 Å². The van der Waals surface area contributed by atoms with E-state index in [0.29, 0.717) is 5.57 Å². The zero-order valence-electron chi connectivity index (χ0n) is 10.5. The fourth-order valence-corrected chi connectivity index (χ4v) is 1.50. The van der Waals surface area contributed by atoms with Crippen molar-refractivity contribution in [2.75, 3.05) is 33.2 Å². The Labute approximate surface area is 93.7 Å². The van der Waals surface area contributed by atoms with Crippen LogP contribution in [-0.2, 0) is 4.79 Å². The van der Waals surface area contributed by atoms with Gasteiger partial charge in [-0.15, -0.1) is 0 Å². The Morgan fingerprint density at radius 1 is 1.20 bits per heavy atom. The van der Waals surface area contributed by atoms with Crippen molar-refractivity contribution < 1.29 is 4.79 Å². The molecule has 0 atom stereocenters. The minimum absolute atomic E-state index is 0.0505. The van der Waals surface area contributed by atoms with Crippen molar-refractivity contribution in [1.29, 1.82) is 0 Å². The van der Waals surface area contributed by atoms with Crippen molar-refractivity contribution in [1.82, 2.24) is 9.80 Å². The van der Waals surface area contributed by atoms with E-state index < -0.39 is 0 Å². The second kappa shape index (κ2) is 7.46. The van der Waals surface area contributed by atoms with Crippen molar-refractivity contribution in [2.24, 2.45) is 0 Å². The molecule has 0 fully saturated rings.